The third-order valence-corrected chi connectivity index (χ3v) is 3.52. The molecule has 0 saturated heterocycles. The van der Waals surface area contributed by atoms with Crippen molar-refractivity contribution in [2.24, 2.45) is 0 Å². The van der Waals surface area contributed by atoms with Gasteiger partial charge in [-0.15, -0.1) is 0 Å². The van der Waals surface area contributed by atoms with E-state index in [1.807, 2.05) is 24.3 Å². The monoisotopic (exact) mass is 278 g/mol. The van der Waals surface area contributed by atoms with Crippen LogP contribution in [0, 0.1) is 6.92 Å². The average molecular weight is 278 g/mol. The minimum atomic E-state index is 0.300. The molecule has 0 spiro atoms. The first-order valence-corrected chi connectivity index (χ1v) is 7.05. The molecule has 0 aliphatic heterocycles. The summed E-state index contributed by atoms with van der Waals surface area (Å²) in [5, 5.41) is 1.01. The number of benzene rings is 2. The maximum absolute atomic E-state index is 5.87. The summed E-state index contributed by atoms with van der Waals surface area (Å²) in [6.07, 6.45) is 0. The lowest BCUT2D eigenvalue weighted by molar-refractivity contribution is 0.993. The van der Waals surface area contributed by atoms with Crippen molar-refractivity contribution in [1.29, 1.82) is 0 Å². The molecule has 0 fully saturated rings. The molecule has 4 nitrogen and oxygen atoms in total. The van der Waals surface area contributed by atoms with Gasteiger partial charge in [-0.1, -0.05) is 29.8 Å². The molecule has 1 heterocycles. The summed E-state index contributed by atoms with van der Waals surface area (Å²) in [6.45, 7) is 4.99. The zero-order valence-electron chi connectivity index (χ0n) is 12.2. The first kappa shape index (κ1) is 13.4. The van der Waals surface area contributed by atoms with Crippen molar-refractivity contribution < 1.29 is 0 Å². The van der Waals surface area contributed by atoms with Gasteiger partial charge in [-0.3, -0.25) is 0 Å². The maximum atomic E-state index is 5.87. The summed E-state index contributed by atoms with van der Waals surface area (Å²) in [5.74, 6) is 1.15. The van der Waals surface area contributed by atoms with Crippen LogP contribution in [0.2, 0.25) is 0 Å². The molecule has 3 rings (SSSR count). The SMILES string of the molecule is CCN(c1ccc(C)cc1)c1nc(N)nc2ccccc12. The van der Waals surface area contributed by atoms with Gasteiger partial charge >= 0.3 is 0 Å². The molecule has 21 heavy (non-hydrogen) atoms. The Morgan fingerprint density at radius 3 is 2.43 bits per heavy atom. The van der Waals surface area contributed by atoms with E-state index in [-0.39, 0.29) is 0 Å². The van der Waals surface area contributed by atoms with Crippen molar-refractivity contribution in [3.63, 3.8) is 0 Å². The van der Waals surface area contributed by atoms with Crippen LogP contribution in [0.1, 0.15) is 12.5 Å². The molecule has 0 bridgehead atoms. The molecular weight excluding hydrogens is 260 g/mol. The number of para-hydroxylation sites is 1. The smallest absolute Gasteiger partial charge is 0.222 e. The summed E-state index contributed by atoms with van der Waals surface area (Å²) >= 11 is 0. The summed E-state index contributed by atoms with van der Waals surface area (Å²) in [4.78, 5) is 10.9. The van der Waals surface area contributed by atoms with Gasteiger partial charge in [-0.2, -0.15) is 4.98 Å². The molecule has 0 amide bonds. The lowest BCUT2D eigenvalue weighted by Crippen LogP contribution is -2.18. The fraction of sp³-hybridized carbons (Fsp3) is 0.176. The lowest BCUT2D eigenvalue weighted by Gasteiger charge is -2.23. The molecule has 0 saturated carbocycles. The predicted octanol–water partition coefficient (Wildman–Crippen LogP) is 3.68. The Morgan fingerprint density at radius 1 is 1.00 bits per heavy atom. The number of aromatic nitrogens is 2. The Morgan fingerprint density at radius 2 is 1.71 bits per heavy atom. The van der Waals surface area contributed by atoms with Gasteiger partial charge in [0.15, 0.2) is 0 Å². The largest absolute Gasteiger partial charge is 0.368 e. The second-order valence-corrected chi connectivity index (χ2v) is 5.00. The average Bonchev–Trinajstić information content (AvgIpc) is 2.49. The second-order valence-electron chi connectivity index (χ2n) is 5.00. The highest BCUT2D eigenvalue weighted by Gasteiger charge is 2.14. The topological polar surface area (TPSA) is 55.0 Å². The predicted molar refractivity (Wildman–Crippen MR) is 87.8 cm³/mol. The number of nitrogen functional groups attached to an aromatic ring is 1. The van der Waals surface area contributed by atoms with E-state index in [2.05, 4.69) is 53.0 Å². The molecule has 3 aromatic rings. The van der Waals surface area contributed by atoms with Crippen molar-refractivity contribution in [3.8, 4) is 0 Å². The Bertz CT molecular complexity index is 765. The fourth-order valence-corrected chi connectivity index (χ4v) is 2.46. The standard InChI is InChI=1S/C17H18N4/c1-3-21(13-10-8-12(2)9-11-13)16-14-6-4-5-7-15(14)19-17(18)20-16/h4-11H,3H2,1-2H3,(H2,18,19,20). The number of aryl methyl sites for hydroxylation is 1. The summed E-state index contributed by atoms with van der Waals surface area (Å²) < 4.78 is 0. The van der Waals surface area contributed by atoms with E-state index >= 15 is 0 Å². The maximum Gasteiger partial charge on any atom is 0.222 e. The van der Waals surface area contributed by atoms with Gasteiger partial charge in [0.2, 0.25) is 5.95 Å². The molecular formula is C17H18N4. The zero-order chi connectivity index (χ0) is 14.8. The molecule has 0 aliphatic rings. The molecule has 1 aromatic heterocycles. The normalized spacial score (nSPS) is 10.8. The van der Waals surface area contributed by atoms with Crippen LogP contribution in [0.3, 0.4) is 0 Å². The quantitative estimate of drug-likeness (QED) is 0.794. The van der Waals surface area contributed by atoms with Gasteiger partial charge in [-0.05, 0) is 38.1 Å². The molecule has 2 aromatic carbocycles. The van der Waals surface area contributed by atoms with Crippen LogP contribution in [0.5, 0.6) is 0 Å². The van der Waals surface area contributed by atoms with E-state index in [0.717, 1.165) is 29.0 Å². The van der Waals surface area contributed by atoms with Crippen molar-refractivity contribution in [2.75, 3.05) is 17.2 Å². The van der Waals surface area contributed by atoms with E-state index in [4.69, 9.17) is 5.73 Å². The van der Waals surface area contributed by atoms with Gasteiger partial charge in [0, 0.05) is 17.6 Å². The number of nitrogens with zero attached hydrogens (tertiary/aromatic N) is 3. The number of anilines is 3. The number of nitrogens with two attached hydrogens (primary N) is 1. The van der Waals surface area contributed by atoms with Crippen LogP contribution in [0.25, 0.3) is 10.9 Å². The van der Waals surface area contributed by atoms with Gasteiger partial charge in [0.05, 0.1) is 5.52 Å². The van der Waals surface area contributed by atoms with Crippen LogP contribution in [-0.4, -0.2) is 16.5 Å². The molecule has 4 heteroatoms. The third kappa shape index (κ3) is 2.52. The van der Waals surface area contributed by atoms with E-state index in [1.165, 1.54) is 5.56 Å². The van der Waals surface area contributed by atoms with E-state index < -0.39 is 0 Å². The fourth-order valence-electron chi connectivity index (χ4n) is 2.46. The Hall–Kier alpha value is -2.62. The van der Waals surface area contributed by atoms with Crippen molar-refractivity contribution >= 4 is 28.4 Å². The molecule has 0 aliphatic carbocycles. The van der Waals surface area contributed by atoms with E-state index in [1.54, 1.807) is 0 Å². The number of rotatable bonds is 3. The van der Waals surface area contributed by atoms with Gasteiger partial charge in [0.25, 0.3) is 0 Å². The van der Waals surface area contributed by atoms with Gasteiger partial charge in [0.1, 0.15) is 5.82 Å². The van der Waals surface area contributed by atoms with Crippen molar-refractivity contribution in [2.45, 2.75) is 13.8 Å². The van der Waals surface area contributed by atoms with Gasteiger partial charge < -0.3 is 10.6 Å². The van der Waals surface area contributed by atoms with Crippen LogP contribution in [0.15, 0.2) is 48.5 Å². The minimum absolute atomic E-state index is 0.300. The van der Waals surface area contributed by atoms with Crippen LogP contribution >= 0.6 is 0 Å². The van der Waals surface area contributed by atoms with E-state index in [0.29, 0.717) is 5.95 Å². The van der Waals surface area contributed by atoms with Crippen molar-refractivity contribution in [3.05, 3.63) is 54.1 Å². The second kappa shape index (κ2) is 5.40. The number of hydrogen-bond donors (Lipinski definition) is 1. The summed E-state index contributed by atoms with van der Waals surface area (Å²) in [6, 6.07) is 16.4. The Labute approximate surface area is 124 Å². The highest BCUT2D eigenvalue weighted by Crippen LogP contribution is 2.30. The number of hydrogen-bond acceptors (Lipinski definition) is 4. The van der Waals surface area contributed by atoms with Crippen LogP contribution < -0.4 is 10.6 Å². The molecule has 106 valence electrons. The van der Waals surface area contributed by atoms with Crippen LogP contribution in [-0.2, 0) is 0 Å². The number of fused-ring (bicyclic) bond motifs is 1. The van der Waals surface area contributed by atoms with Crippen LogP contribution in [0.4, 0.5) is 17.5 Å². The molecule has 0 unspecified atom stereocenters. The first-order chi connectivity index (χ1) is 10.2. The highest BCUT2D eigenvalue weighted by molar-refractivity contribution is 5.92. The zero-order valence-corrected chi connectivity index (χ0v) is 12.2. The van der Waals surface area contributed by atoms with Gasteiger partial charge in [-0.25, -0.2) is 4.98 Å². The molecule has 0 atom stereocenters. The summed E-state index contributed by atoms with van der Waals surface area (Å²) in [7, 11) is 0. The van der Waals surface area contributed by atoms with E-state index in [9.17, 15) is 0 Å². The lowest BCUT2D eigenvalue weighted by atomic mass is 10.2. The molecule has 2 N–H and O–H groups in total. The van der Waals surface area contributed by atoms with Crippen molar-refractivity contribution in [1.82, 2.24) is 9.97 Å². The third-order valence-electron chi connectivity index (χ3n) is 3.52. The highest BCUT2D eigenvalue weighted by atomic mass is 15.2. The first-order valence-electron chi connectivity index (χ1n) is 7.05. The molecule has 0 radical (unpaired) electrons. The minimum Gasteiger partial charge on any atom is -0.368 e. The Balaban J connectivity index is 2.19. The summed E-state index contributed by atoms with van der Waals surface area (Å²) in [5.41, 5.74) is 9.08. The Kier molecular flexibility index (Phi) is 3.44.